The Balaban J connectivity index is 0.00000320. The Morgan fingerprint density at radius 1 is 1.13 bits per heavy atom. The van der Waals surface area contributed by atoms with E-state index in [9.17, 15) is 14.0 Å². The molecule has 0 saturated carbocycles. The van der Waals surface area contributed by atoms with Gasteiger partial charge in [-0.25, -0.2) is 4.39 Å². The van der Waals surface area contributed by atoms with Crippen LogP contribution in [-0.4, -0.2) is 35.8 Å². The molecule has 0 bridgehead atoms. The third-order valence-corrected chi connectivity index (χ3v) is 5.50. The smallest absolute Gasteiger partial charge is 0.239 e. The van der Waals surface area contributed by atoms with Gasteiger partial charge in [0, 0.05) is 25.6 Å². The average Bonchev–Trinajstić information content (AvgIpc) is 2.74. The van der Waals surface area contributed by atoms with Gasteiger partial charge >= 0.3 is 0 Å². The van der Waals surface area contributed by atoms with Crippen LogP contribution >= 0.6 is 12.4 Å². The van der Waals surface area contributed by atoms with Crippen LogP contribution in [0.1, 0.15) is 29.5 Å². The normalized spacial score (nSPS) is 15.2. The number of halogens is 2. The summed E-state index contributed by atoms with van der Waals surface area (Å²) in [6.07, 6.45) is 1.73. The van der Waals surface area contributed by atoms with Crippen molar-refractivity contribution >= 4 is 24.2 Å². The van der Waals surface area contributed by atoms with E-state index in [0.717, 1.165) is 11.1 Å². The highest BCUT2D eigenvalue weighted by atomic mass is 35.5. The van der Waals surface area contributed by atoms with Gasteiger partial charge in [0.25, 0.3) is 0 Å². The van der Waals surface area contributed by atoms with E-state index in [4.69, 9.17) is 5.73 Å². The number of nitrogens with two attached hydrogens (primary N) is 1. The summed E-state index contributed by atoms with van der Waals surface area (Å²) < 4.78 is 13.6. The summed E-state index contributed by atoms with van der Waals surface area (Å²) in [5.41, 5.74) is 8.47. The number of aryl methyl sites for hydroxylation is 1. The van der Waals surface area contributed by atoms with E-state index < -0.39 is 6.04 Å². The first kappa shape index (κ1) is 23.8. The molecule has 5 nitrogen and oxygen atoms in total. The minimum atomic E-state index is -0.570. The SMILES string of the molecule is Cc1ccc(CNC(=O)C2CCN(C(=O)C(N)Cc3ccccc3)CC2)cc1F.Cl. The second-order valence-electron chi connectivity index (χ2n) is 7.70. The summed E-state index contributed by atoms with van der Waals surface area (Å²) in [5, 5.41) is 2.88. The fraction of sp³-hybridized carbons (Fsp3) is 0.391. The first-order valence-corrected chi connectivity index (χ1v) is 10.0. The highest BCUT2D eigenvalue weighted by Gasteiger charge is 2.29. The van der Waals surface area contributed by atoms with Gasteiger partial charge in [0.15, 0.2) is 0 Å². The van der Waals surface area contributed by atoms with E-state index in [0.29, 0.717) is 44.5 Å². The molecular weight excluding hydrogens is 405 g/mol. The number of likely N-dealkylation sites (tertiary alicyclic amines) is 1. The maximum absolute atomic E-state index is 13.6. The van der Waals surface area contributed by atoms with Crippen LogP contribution in [0.25, 0.3) is 0 Å². The summed E-state index contributed by atoms with van der Waals surface area (Å²) in [5.74, 6) is -0.524. The average molecular weight is 434 g/mol. The Kier molecular flexibility index (Phi) is 8.81. The first-order chi connectivity index (χ1) is 13.9. The fourth-order valence-corrected chi connectivity index (χ4v) is 3.63. The van der Waals surface area contributed by atoms with Gasteiger partial charge < -0.3 is 16.0 Å². The largest absolute Gasteiger partial charge is 0.352 e. The van der Waals surface area contributed by atoms with Gasteiger partial charge in [0.1, 0.15) is 5.82 Å². The standard InChI is InChI=1S/C23H28FN3O2.ClH/c1-16-7-8-18(13-20(16)24)15-26-22(28)19-9-11-27(12-10-19)23(29)21(25)14-17-5-3-2-4-6-17;/h2-8,13,19,21H,9-12,14-15,25H2,1H3,(H,26,28);1H. The molecule has 2 aromatic carbocycles. The summed E-state index contributed by atoms with van der Waals surface area (Å²) in [4.78, 5) is 26.8. The lowest BCUT2D eigenvalue weighted by atomic mass is 9.95. The van der Waals surface area contributed by atoms with E-state index in [-0.39, 0.29) is 36.0 Å². The number of benzene rings is 2. The Morgan fingerprint density at radius 3 is 2.43 bits per heavy atom. The summed E-state index contributed by atoms with van der Waals surface area (Å²) in [6, 6.07) is 14.1. The Morgan fingerprint density at radius 2 is 1.80 bits per heavy atom. The lowest BCUT2D eigenvalue weighted by molar-refractivity contribution is -0.136. The van der Waals surface area contributed by atoms with Crippen molar-refractivity contribution < 1.29 is 14.0 Å². The number of carbonyl (C=O) groups is 2. The van der Waals surface area contributed by atoms with E-state index in [2.05, 4.69) is 5.32 Å². The second kappa shape index (κ2) is 11.1. The van der Waals surface area contributed by atoms with Crippen molar-refractivity contribution in [2.75, 3.05) is 13.1 Å². The van der Waals surface area contributed by atoms with Crippen LogP contribution in [0.5, 0.6) is 0 Å². The molecule has 1 heterocycles. The molecule has 2 amide bonds. The first-order valence-electron chi connectivity index (χ1n) is 10.0. The number of piperidine rings is 1. The van der Waals surface area contributed by atoms with Crippen LogP contribution in [0.3, 0.4) is 0 Å². The fourth-order valence-electron chi connectivity index (χ4n) is 3.63. The summed E-state index contributed by atoms with van der Waals surface area (Å²) >= 11 is 0. The molecule has 0 spiro atoms. The lowest BCUT2D eigenvalue weighted by Gasteiger charge is -2.33. The van der Waals surface area contributed by atoms with Crippen LogP contribution in [-0.2, 0) is 22.6 Å². The molecule has 1 aliphatic heterocycles. The highest BCUT2D eigenvalue weighted by Crippen LogP contribution is 2.19. The summed E-state index contributed by atoms with van der Waals surface area (Å²) in [6.45, 7) is 3.06. The van der Waals surface area contributed by atoms with Crippen molar-refractivity contribution in [1.29, 1.82) is 0 Å². The van der Waals surface area contributed by atoms with Crippen LogP contribution in [0.15, 0.2) is 48.5 Å². The molecule has 3 N–H and O–H groups in total. The molecule has 7 heteroatoms. The van der Waals surface area contributed by atoms with Crippen LogP contribution in [0.4, 0.5) is 4.39 Å². The molecule has 0 aliphatic carbocycles. The van der Waals surface area contributed by atoms with Gasteiger partial charge in [0.05, 0.1) is 6.04 Å². The van der Waals surface area contributed by atoms with E-state index in [1.165, 1.54) is 6.07 Å². The van der Waals surface area contributed by atoms with E-state index in [1.807, 2.05) is 36.4 Å². The minimum Gasteiger partial charge on any atom is -0.352 e. The molecule has 162 valence electrons. The van der Waals surface area contributed by atoms with Gasteiger partial charge in [-0.2, -0.15) is 0 Å². The molecule has 1 unspecified atom stereocenters. The van der Waals surface area contributed by atoms with Crippen molar-refractivity contribution in [1.82, 2.24) is 10.2 Å². The number of amides is 2. The van der Waals surface area contributed by atoms with Crippen LogP contribution in [0.2, 0.25) is 0 Å². The van der Waals surface area contributed by atoms with Crippen LogP contribution < -0.4 is 11.1 Å². The van der Waals surface area contributed by atoms with Gasteiger partial charge in [-0.3, -0.25) is 9.59 Å². The molecule has 0 radical (unpaired) electrons. The highest BCUT2D eigenvalue weighted by molar-refractivity contribution is 5.85. The molecule has 1 atom stereocenters. The van der Waals surface area contributed by atoms with Crippen LogP contribution in [0, 0.1) is 18.7 Å². The maximum atomic E-state index is 13.6. The zero-order valence-electron chi connectivity index (χ0n) is 17.1. The van der Waals surface area contributed by atoms with Crippen molar-refractivity contribution in [3.05, 3.63) is 71.0 Å². The Labute approximate surface area is 183 Å². The number of nitrogens with one attached hydrogen (secondary N) is 1. The van der Waals surface area contributed by atoms with Crippen molar-refractivity contribution in [3.8, 4) is 0 Å². The number of rotatable bonds is 6. The van der Waals surface area contributed by atoms with E-state index >= 15 is 0 Å². The molecule has 2 aromatic rings. The van der Waals surface area contributed by atoms with Gasteiger partial charge in [-0.05, 0) is 48.9 Å². The van der Waals surface area contributed by atoms with Crippen molar-refractivity contribution in [2.45, 2.75) is 38.8 Å². The predicted molar refractivity (Wildman–Crippen MR) is 118 cm³/mol. The molecule has 1 saturated heterocycles. The topological polar surface area (TPSA) is 75.4 Å². The lowest BCUT2D eigenvalue weighted by Crippen LogP contribution is -2.49. The molecule has 1 aliphatic rings. The molecule has 1 fully saturated rings. The van der Waals surface area contributed by atoms with Gasteiger partial charge in [0.2, 0.25) is 11.8 Å². The van der Waals surface area contributed by atoms with Gasteiger partial charge in [-0.1, -0.05) is 42.5 Å². The molecule has 30 heavy (non-hydrogen) atoms. The maximum Gasteiger partial charge on any atom is 0.239 e. The Hall–Kier alpha value is -2.44. The zero-order chi connectivity index (χ0) is 20.8. The number of hydrogen-bond acceptors (Lipinski definition) is 3. The van der Waals surface area contributed by atoms with Crippen molar-refractivity contribution in [2.24, 2.45) is 11.7 Å². The second-order valence-corrected chi connectivity index (χ2v) is 7.70. The van der Waals surface area contributed by atoms with Gasteiger partial charge in [-0.15, -0.1) is 12.4 Å². The Bertz CT molecular complexity index is 855. The van der Waals surface area contributed by atoms with Crippen molar-refractivity contribution in [3.63, 3.8) is 0 Å². The zero-order valence-corrected chi connectivity index (χ0v) is 18.0. The number of nitrogens with zero attached hydrogens (tertiary/aromatic N) is 1. The molecule has 3 rings (SSSR count). The monoisotopic (exact) mass is 433 g/mol. The summed E-state index contributed by atoms with van der Waals surface area (Å²) in [7, 11) is 0. The quantitative estimate of drug-likeness (QED) is 0.735. The number of carbonyl (C=O) groups excluding carboxylic acids is 2. The predicted octanol–water partition coefficient (Wildman–Crippen LogP) is 2.98. The minimum absolute atomic E-state index is 0. The van der Waals surface area contributed by atoms with E-state index in [1.54, 1.807) is 17.9 Å². The molecule has 0 aromatic heterocycles. The molecular formula is C23H29ClFN3O2. The third kappa shape index (κ3) is 6.28. The number of hydrogen-bond donors (Lipinski definition) is 2. The third-order valence-electron chi connectivity index (χ3n) is 5.50.